The molecule has 0 N–H and O–H groups in total. The van der Waals surface area contributed by atoms with E-state index in [0.29, 0.717) is 17.3 Å². The molecule has 2 heterocycles. The Morgan fingerprint density at radius 2 is 1.23 bits per heavy atom. The number of anilines is 3. The molecule has 6 aromatic carbocycles. The van der Waals surface area contributed by atoms with Crippen LogP contribution in [0.15, 0.2) is 155 Å². The molecular formula is C37H24N4O2. The monoisotopic (exact) mass is 563 g/mol. The van der Waals surface area contributed by atoms with Gasteiger partial charge in [-0.15, -0.1) is 10.2 Å². The molecule has 0 spiro atoms. The number of hydrogen-bond acceptors (Lipinski definition) is 6. The fourth-order valence-electron chi connectivity index (χ4n) is 5.07. The first-order valence-electron chi connectivity index (χ1n) is 16.9. The summed E-state index contributed by atoms with van der Waals surface area (Å²) in [5.41, 5.74) is 4.85. The van der Waals surface area contributed by atoms with E-state index in [9.17, 15) is 0 Å². The van der Waals surface area contributed by atoms with Crippen molar-refractivity contribution in [1.82, 2.24) is 15.2 Å². The summed E-state index contributed by atoms with van der Waals surface area (Å²) in [7, 11) is 0. The first-order chi connectivity index (χ1) is 24.2. The SMILES string of the molecule is [2H]c1c([2H])c([2H])c2c([2H])c(-c3ccc4cc(N(c5ccc(-c6ncco6)cc5)c5ccc(-c6nnco6)cc5)ccc4c3)c([2H])c([2H])c2c1[2H]. The van der Waals surface area contributed by atoms with E-state index in [2.05, 4.69) is 20.1 Å². The topological polar surface area (TPSA) is 68.2 Å². The van der Waals surface area contributed by atoms with E-state index in [-0.39, 0.29) is 34.5 Å². The first kappa shape index (κ1) is 18.4. The lowest BCUT2D eigenvalue weighted by Crippen LogP contribution is -2.09. The Labute approximate surface area is 257 Å². The third kappa shape index (κ3) is 4.71. The molecule has 6 nitrogen and oxygen atoms in total. The molecule has 0 saturated heterocycles. The van der Waals surface area contributed by atoms with Gasteiger partial charge in [-0.2, -0.15) is 0 Å². The Balaban J connectivity index is 1.23. The lowest BCUT2D eigenvalue weighted by atomic mass is 9.98. The molecule has 2 aromatic heterocycles. The van der Waals surface area contributed by atoms with Gasteiger partial charge in [-0.3, -0.25) is 0 Å². The molecule has 0 radical (unpaired) electrons. The number of hydrogen-bond donors (Lipinski definition) is 0. The molecule has 0 unspecified atom stereocenters. The van der Waals surface area contributed by atoms with Crippen molar-refractivity contribution >= 4 is 38.6 Å². The molecule has 0 aliphatic heterocycles. The van der Waals surface area contributed by atoms with E-state index in [4.69, 9.17) is 18.4 Å². The maximum atomic E-state index is 8.95. The predicted molar refractivity (Wildman–Crippen MR) is 170 cm³/mol. The number of oxazole rings is 1. The van der Waals surface area contributed by atoms with Crippen molar-refractivity contribution in [2.45, 2.75) is 0 Å². The Morgan fingerprint density at radius 3 is 1.95 bits per heavy atom. The van der Waals surface area contributed by atoms with Crippen LogP contribution in [-0.2, 0) is 0 Å². The molecule has 43 heavy (non-hydrogen) atoms. The molecule has 204 valence electrons. The summed E-state index contributed by atoms with van der Waals surface area (Å²) in [5.74, 6) is 0.931. The van der Waals surface area contributed by atoms with Crippen LogP contribution in [0.2, 0.25) is 0 Å². The minimum Gasteiger partial charge on any atom is -0.445 e. The average molecular weight is 564 g/mol. The van der Waals surface area contributed by atoms with E-state index >= 15 is 0 Å². The van der Waals surface area contributed by atoms with Crippen molar-refractivity contribution in [1.29, 1.82) is 0 Å². The van der Waals surface area contributed by atoms with Crippen LogP contribution in [0.4, 0.5) is 17.1 Å². The molecule has 0 aliphatic carbocycles. The van der Waals surface area contributed by atoms with E-state index in [1.807, 2.05) is 78.9 Å². The number of rotatable bonds is 6. The van der Waals surface area contributed by atoms with Gasteiger partial charge in [0, 0.05) is 28.2 Å². The summed E-state index contributed by atoms with van der Waals surface area (Å²) < 4.78 is 70.1. The molecule has 0 amide bonds. The number of aromatic nitrogens is 3. The highest BCUT2D eigenvalue weighted by atomic mass is 16.4. The number of fused-ring (bicyclic) bond motifs is 2. The van der Waals surface area contributed by atoms with Gasteiger partial charge < -0.3 is 13.7 Å². The van der Waals surface area contributed by atoms with Crippen molar-refractivity contribution in [3.63, 3.8) is 0 Å². The van der Waals surface area contributed by atoms with Gasteiger partial charge in [-0.05, 0) is 105 Å². The second-order valence-corrected chi connectivity index (χ2v) is 9.76. The van der Waals surface area contributed by atoms with Gasteiger partial charge in [0.25, 0.3) is 0 Å². The molecule has 0 atom stereocenters. The second-order valence-electron chi connectivity index (χ2n) is 9.76. The third-order valence-corrected chi connectivity index (χ3v) is 7.16. The van der Waals surface area contributed by atoms with Crippen LogP contribution >= 0.6 is 0 Å². The normalized spacial score (nSPS) is 13.5. The van der Waals surface area contributed by atoms with E-state index in [0.717, 1.165) is 39.0 Å². The fraction of sp³-hybridized carbons (Fsp3) is 0. The van der Waals surface area contributed by atoms with Gasteiger partial charge in [0.15, 0.2) is 0 Å². The molecule has 0 fully saturated rings. The van der Waals surface area contributed by atoms with Crippen molar-refractivity contribution < 1.29 is 18.4 Å². The lowest BCUT2D eigenvalue weighted by Gasteiger charge is -2.26. The van der Waals surface area contributed by atoms with Crippen LogP contribution in [-0.4, -0.2) is 15.2 Å². The molecular weight excluding hydrogens is 532 g/mol. The summed E-state index contributed by atoms with van der Waals surface area (Å²) in [6.45, 7) is 0. The Hall–Kier alpha value is -6.01. The van der Waals surface area contributed by atoms with Crippen molar-refractivity contribution in [2.75, 3.05) is 4.90 Å². The van der Waals surface area contributed by atoms with Crippen LogP contribution in [0.5, 0.6) is 0 Å². The zero-order valence-corrected chi connectivity index (χ0v) is 22.4. The minimum absolute atomic E-state index is 0.0722. The molecule has 0 bridgehead atoms. The summed E-state index contributed by atoms with van der Waals surface area (Å²) in [6.07, 6.45) is 4.42. The number of nitrogens with zero attached hydrogens (tertiary/aromatic N) is 4. The maximum absolute atomic E-state index is 8.95. The molecule has 0 saturated carbocycles. The van der Waals surface area contributed by atoms with E-state index < -0.39 is 24.2 Å². The molecule has 8 aromatic rings. The zero-order valence-electron chi connectivity index (χ0n) is 29.4. The van der Waals surface area contributed by atoms with Crippen LogP contribution in [0.1, 0.15) is 9.60 Å². The Bertz CT molecular complexity index is 2480. The highest BCUT2D eigenvalue weighted by Crippen LogP contribution is 2.38. The molecule has 6 heteroatoms. The van der Waals surface area contributed by atoms with Gasteiger partial charge in [-0.1, -0.05) is 54.5 Å². The number of benzene rings is 6. The van der Waals surface area contributed by atoms with Crippen molar-refractivity contribution in [3.8, 4) is 34.0 Å². The highest BCUT2D eigenvalue weighted by molar-refractivity contribution is 5.94. The fourth-order valence-corrected chi connectivity index (χ4v) is 5.07. The quantitative estimate of drug-likeness (QED) is 0.201. The zero-order chi connectivity index (χ0) is 34.7. The Morgan fingerprint density at radius 1 is 0.558 bits per heavy atom. The van der Waals surface area contributed by atoms with Gasteiger partial charge in [0.2, 0.25) is 18.2 Å². The highest BCUT2D eigenvalue weighted by Gasteiger charge is 2.15. The summed E-state index contributed by atoms with van der Waals surface area (Å²) in [5, 5.41) is 9.28. The Kier molecular flexibility index (Phi) is 4.47. The van der Waals surface area contributed by atoms with Crippen LogP contribution < -0.4 is 4.90 Å². The third-order valence-electron chi connectivity index (χ3n) is 7.16. The van der Waals surface area contributed by atoms with Gasteiger partial charge >= 0.3 is 0 Å². The molecule has 8 rings (SSSR count). The van der Waals surface area contributed by atoms with Crippen LogP contribution in [0.25, 0.3) is 55.6 Å². The van der Waals surface area contributed by atoms with Crippen LogP contribution in [0.3, 0.4) is 0 Å². The van der Waals surface area contributed by atoms with Gasteiger partial charge in [0.05, 0.1) is 15.8 Å². The smallest absolute Gasteiger partial charge is 0.247 e. The largest absolute Gasteiger partial charge is 0.445 e. The van der Waals surface area contributed by atoms with Crippen LogP contribution in [0, 0.1) is 0 Å². The second kappa shape index (κ2) is 10.4. The van der Waals surface area contributed by atoms with E-state index in [1.165, 1.54) is 12.7 Å². The first-order valence-corrected chi connectivity index (χ1v) is 13.4. The van der Waals surface area contributed by atoms with Crippen molar-refractivity contribution in [2.24, 2.45) is 0 Å². The summed E-state index contributed by atoms with van der Waals surface area (Å²) in [6, 6.07) is 24.4. The summed E-state index contributed by atoms with van der Waals surface area (Å²) >= 11 is 0. The standard InChI is InChI=1S/C37H24N4O2/c1-2-4-28-21-29(6-5-25(28)3-1)30-7-8-32-23-35(18-13-31(32)22-30)41(33-14-9-26(10-15-33)36-38-19-20-42-36)34-16-11-27(12-17-34)37-40-39-24-43-37/h1-24H/i1D,2D,3D,4D,5D,6D,21D. The minimum atomic E-state index is -0.494. The van der Waals surface area contributed by atoms with E-state index in [1.54, 1.807) is 12.3 Å². The molecule has 0 aliphatic rings. The van der Waals surface area contributed by atoms with Gasteiger partial charge in [-0.25, -0.2) is 4.98 Å². The van der Waals surface area contributed by atoms with Crippen molar-refractivity contribution in [3.05, 3.63) is 146 Å². The predicted octanol–water partition coefficient (Wildman–Crippen LogP) is 9.83. The average Bonchev–Trinajstić information content (AvgIpc) is 3.88. The maximum Gasteiger partial charge on any atom is 0.247 e. The van der Waals surface area contributed by atoms with Gasteiger partial charge in [0.1, 0.15) is 6.26 Å². The summed E-state index contributed by atoms with van der Waals surface area (Å²) in [4.78, 5) is 6.35. The lowest BCUT2D eigenvalue weighted by molar-refractivity contribution is 0.568.